The third-order valence-corrected chi connectivity index (χ3v) is 2.71. The highest BCUT2D eigenvalue weighted by Crippen LogP contribution is 2.08. The average Bonchev–Trinajstić information content (AvgIpc) is 2.82. The summed E-state index contributed by atoms with van der Waals surface area (Å²) >= 11 is 0. The molecule has 18 heavy (non-hydrogen) atoms. The van der Waals surface area contributed by atoms with E-state index in [2.05, 4.69) is 10.2 Å². The molecule has 1 aromatic heterocycles. The maximum Gasteiger partial charge on any atom is 0.186 e. The number of Topliss-reactive ketones (excluding diaryl/α,β-unsaturated/α-hetero) is 1. The summed E-state index contributed by atoms with van der Waals surface area (Å²) in [5.41, 5.74) is 2.29. The second-order valence-corrected chi connectivity index (χ2v) is 4.01. The van der Waals surface area contributed by atoms with E-state index in [1.165, 1.54) is 4.80 Å². The molecule has 2 aromatic carbocycles. The van der Waals surface area contributed by atoms with E-state index in [4.69, 9.17) is 0 Å². The predicted molar refractivity (Wildman–Crippen MR) is 68.3 cm³/mol. The number of hydrogen-bond acceptors (Lipinski definition) is 3. The molecule has 0 N–H and O–H groups in total. The van der Waals surface area contributed by atoms with Crippen LogP contribution < -0.4 is 0 Å². The second-order valence-electron chi connectivity index (χ2n) is 4.01. The summed E-state index contributed by atoms with van der Waals surface area (Å²) in [6, 6.07) is 16.7. The third kappa shape index (κ3) is 2.00. The van der Waals surface area contributed by atoms with Crippen LogP contribution in [0, 0.1) is 0 Å². The van der Waals surface area contributed by atoms with Crippen LogP contribution in [0.2, 0.25) is 0 Å². The molecular weight excluding hydrogens is 226 g/mol. The monoisotopic (exact) mass is 237 g/mol. The van der Waals surface area contributed by atoms with Crippen LogP contribution >= 0.6 is 0 Å². The van der Waals surface area contributed by atoms with Gasteiger partial charge in [0.2, 0.25) is 0 Å². The lowest BCUT2D eigenvalue weighted by atomic mass is 10.1. The molecule has 0 spiro atoms. The summed E-state index contributed by atoms with van der Waals surface area (Å²) in [6.45, 7) is 0.165. The Morgan fingerprint density at radius 3 is 2.06 bits per heavy atom. The van der Waals surface area contributed by atoms with Gasteiger partial charge in [-0.3, -0.25) is 4.79 Å². The van der Waals surface area contributed by atoms with E-state index in [-0.39, 0.29) is 12.3 Å². The molecular formula is C14H11N3O. The Kier molecular flexibility index (Phi) is 2.61. The molecule has 0 bridgehead atoms. The van der Waals surface area contributed by atoms with Crippen molar-refractivity contribution in [1.82, 2.24) is 15.0 Å². The lowest BCUT2D eigenvalue weighted by Gasteiger charge is -1.99. The van der Waals surface area contributed by atoms with Crippen molar-refractivity contribution in [3.05, 3.63) is 60.2 Å². The van der Waals surface area contributed by atoms with E-state index in [1.807, 2.05) is 42.5 Å². The van der Waals surface area contributed by atoms with Crippen molar-refractivity contribution in [3.63, 3.8) is 0 Å². The molecule has 1 heterocycles. The number of benzene rings is 2. The molecule has 4 heteroatoms. The summed E-state index contributed by atoms with van der Waals surface area (Å²) < 4.78 is 0. The normalized spacial score (nSPS) is 10.7. The van der Waals surface area contributed by atoms with Crippen molar-refractivity contribution in [1.29, 1.82) is 0 Å². The number of rotatable bonds is 3. The first-order valence-electron chi connectivity index (χ1n) is 5.71. The number of fused-ring (bicyclic) bond motifs is 1. The van der Waals surface area contributed by atoms with Gasteiger partial charge in [-0.05, 0) is 12.1 Å². The molecule has 0 amide bonds. The number of ketones is 1. The highest BCUT2D eigenvalue weighted by Gasteiger charge is 2.08. The molecule has 3 rings (SSSR count). The van der Waals surface area contributed by atoms with E-state index in [1.54, 1.807) is 12.1 Å². The maximum absolute atomic E-state index is 12.0. The van der Waals surface area contributed by atoms with Crippen LogP contribution in [0.5, 0.6) is 0 Å². The topological polar surface area (TPSA) is 47.8 Å². The van der Waals surface area contributed by atoms with E-state index >= 15 is 0 Å². The van der Waals surface area contributed by atoms with Gasteiger partial charge in [0, 0.05) is 5.56 Å². The minimum absolute atomic E-state index is 0.0101. The van der Waals surface area contributed by atoms with Gasteiger partial charge in [0.25, 0.3) is 0 Å². The van der Waals surface area contributed by atoms with Crippen LogP contribution in [-0.4, -0.2) is 20.8 Å². The predicted octanol–water partition coefficient (Wildman–Crippen LogP) is 2.31. The summed E-state index contributed by atoms with van der Waals surface area (Å²) in [5, 5.41) is 8.53. The lowest BCUT2D eigenvalue weighted by molar-refractivity contribution is 0.0962. The third-order valence-electron chi connectivity index (χ3n) is 2.71. The minimum atomic E-state index is 0.0101. The van der Waals surface area contributed by atoms with Gasteiger partial charge in [-0.2, -0.15) is 15.0 Å². The number of nitrogens with zero attached hydrogens (tertiary/aromatic N) is 3. The molecule has 3 aromatic rings. The van der Waals surface area contributed by atoms with Crippen molar-refractivity contribution >= 4 is 16.8 Å². The van der Waals surface area contributed by atoms with Gasteiger partial charge in [0.15, 0.2) is 5.78 Å². The summed E-state index contributed by atoms with van der Waals surface area (Å²) in [7, 11) is 0. The lowest BCUT2D eigenvalue weighted by Crippen LogP contribution is -2.12. The molecule has 0 aliphatic heterocycles. The minimum Gasteiger partial charge on any atom is -0.292 e. The van der Waals surface area contributed by atoms with Gasteiger partial charge in [-0.25, -0.2) is 0 Å². The zero-order chi connectivity index (χ0) is 12.4. The highest BCUT2D eigenvalue weighted by molar-refractivity contribution is 5.95. The number of carbonyl (C=O) groups is 1. The molecule has 0 fully saturated rings. The van der Waals surface area contributed by atoms with Crippen molar-refractivity contribution in [3.8, 4) is 0 Å². The Balaban J connectivity index is 1.86. The van der Waals surface area contributed by atoms with Crippen LogP contribution in [0.25, 0.3) is 11.0 Å². The van der Waals surface area contributed by atoms with Crippen molar-refractivity contribution in [2.45, 2.75) is 6.54 Å². The van der Waals surface area contributed by atoms with Crippen molar-refractivity contribution in [2.75, 3.05) is 0 Å². The summed E-state index contributed by atoms with van der Waals surface area (Å²) in [4.78, 5) is 13.4. The molecule has 4 nitrogen and oxygen atoms in total. The first-order valence-corrected chi connectivity index (χ1v) is 5.71. The van der Waals surface area contributed by atoms with Crippen LogP contribution in [0.1, 0.15) is 10.4 Å². The Morgan fingerprint density at radius 1 is 0.889 bits per heavy atom. The molecule has 0 saturated carbocycles. The Bertz CT molecular complexity index is 655. The Morgan fingerprint density at radius 2 is 1.44 bits per heavy atom. The Labute approximate surface area is 104 Å². The first-order chi connectivity index (χ1) is 8.83. The smallest absolute Gasteiger partial charge is 0.186 e. The Hall–Kier alpha value is -2.49. The van der Waals surface area contributed by atoms with Gasteiger partial charge < -0.3 is 0 Å². The summed E-state index contributed by atoms with van der Waals surface area (Å²) in [5.74, 6) is 0.0101. The average molecular weight is 237 g/mol. The number of aromatic nitrogens is 3. The molecule has 88 valence electrons. The maximum atomic E-state index is 12.0. The van der Waals surface area contributed by atoms with E-state index in [0.717, 1.165) is 11.0 Å². The quantitative estimate of drug-likeness (QED) is 0.657. The van der Waals surface area contributed by atoms with Crippen molar-refractivity contribution in [2.24, 2.45) is 0 Å². The first kappa shape index (κ1) is 10.7. The van der Waals surface area contributed by atoms with Gasteiger partial charge in [-0.15, -0.1) is 0 Å². The zero-order valence-electron chi connectivity index (χ0n) is 9.65. The fourth-order valence-electron chi connectivity index (χ4n) is 1.82. The largest absolute Gasteiger partial charge is 0.292 e. The van der Waals surface area contributed by atoms with Crippen LogP contribution in [-0.2, 0) is 6.54 Å². The molecule has 0 unspecified atom stereocenters. The van der Waals surface area contributed by atoms with Gasteiger partial charge in [-0.1, -0.05) is 42.5 Å². The SMILES string of the molecule is O=C(Cn1nc2ccccc2n1)c1ccccc1. The van der Waals surface area contributed by atoms with Crippen molar-refractivity contribution < 1.29 is 4.79 Å². The number of carbonyl (C=O) groups excluding carboxylic acids is 1. The molecule has 0 aliphatic rings. The summed E-state index contributed by atoms with van der Waals surface area (Å²) in [6.07, 6.45) is 0. The molecule has 0 atom stereocenters. The standard InChI is InChI=1S/C14H11N3O/c18-14(11-6-2-1-3-7-11)10-17-15-12-8-4-5-9-13(12)16-17/h1-9H,10H2. The van der Waals surface area contributed by atoms with E-state index < -0.39 is 0 Å². The van der Waals surface area contributed by atoms with Gasteiger partial charge in [0.05, 0.1) is 0 Å². The molecule has 0 aliphatic carbocycles. The fraction of sp³-hybridized carbons (Fsp3) is 0.0714. The number of hydrogen-bond donors (Lipinski definition) is 0. The van der Waals surface area contributed by atoms with E-state index in [0.29, 0.717) is 5.56 Å². The molecule has 0 saturated heterocycles. The van der Waals surface area contributed by atoms with Crippen LogP contribution in [0.3, 0.4) is 0 Å². The van der Waals surface area contributed by atoms with E-state index in [9.17, 15) is 4.79 Å². The second kappa shape index (κ2) is 4.41. The van der Waals surface area contributed by atoms with Gasteiger partial charge >= 0.3 is 0 Å². The van der Waals surface area contributed by atoms with Gasteiger partial charge in [0.1, 0.15) is 17.6 Å². The van der Waals surface area contributed by atoms with Crippen LogP contribution in [0.4, 0.5) is 0 Å². The highest BCUT2D eigenvalue weighted by atomic mass is 16.1. The zero-order valence-corrected chi connectivity index (χ0v) is 9.65. The fourth-order valence-corrected chi connectivity index (χ4v) is 1.82. The molecule has 0 radical (unpaired) electrons. The van der Waals surface area contributed by atoms with Crippen LogP contribution in [0.15, 0.2) is 54.6 Å².